The van der Waals surface area contributed by atoms with E-state index in [2.05, 4.69) is 15.4 Å². The molecule has 1 atom stereocenters. The minimum Gasteiger partial charge on any atom is -0.332 e. The predicted molar refractivity (Wildman–Crippen MR) is 83.8 cm³/mol. The van der Waals surface area contributed by atoms with Gasteiger partial charge < -0.3 is 4.90 Å². The second kappa shape index (κ2) is 6.14. The molecular weight excluding hydrogens is 292 g/mol. The van der Waals surface area contributed by atoms with Gasteiger partial charge in [-0.25, -0.2) is 0 Å². The van der Waals surface area contributed by atoms with Crippen molar-refractivity contribution in [3.63, 3.8) is 0 Å². The Labute approximate surface area is 135 Å². The summed E-state index contributed by atoms with van der Waals surface area (Å²) in [6.45, 7) is 1.50. The van der Waals surface area contributed by atoms with Gasteiger partial charge in [-0.05, 0) is 31.7 Å². The molecule has 0 bridgehead atoms. The van der Waals surface area contributed by atoms with Crippen LogP contribution in [-0.2, 0) is 6.54 Å². The number of hydrogen-bond donors (Lipinski definition) is 0. The van der Waals surface area contributed by atoms with E-state index in [1.807, 2.05) is 28.0 Å². The number of carbonyl (C=O) groups is 1. The van der Waals surface area contributed by atoms with Crippen molar-refractivity contribution in [2.75, 3.05) is 6.54 Å². The van der Waals surface area contributed by atoms with Gasteiger partial charge in [0.05, 0.1) is 24.8 Å². The summed E-state index contributed by atoms with van der Waals surface area (Å²) in [6.07, 6.45) is 12.4. The van der Waals surface area contributed by atoms with E-state index in [1.165, 1.54) is 25.7 Å². The second-order valence-corrected chi connectivity index (χ2v) is 6.54. The molecule has 4 rings (SSSR count). The third kappa shape index (κ3) is 2.87. The Bertz CT molecular complexity index is 658. The van der Waals surface area contributed by atoms with E-state index in [4.69, 9.17) is 0 Å². The number of aromatic nitrogens is 5. The number of nitrogens with zero attached hydrogens (tertiary/aromatic N) is 6. The second-order valence-electron chi connectivity index (χ2n) is 6.54. The lowest BCUT2D eigenvalue weighted by atomic mass is 10.2. The van der Waals surface area contributed by atoms with Crippen LogP contribution in [0.2, 0.25) is 0 Å². The Morgan fingerprint density at radius 2 is 2.04 bits per heavy atom. The SMILES string of the molecule is O=C(c1ccn(C2CCCC2)n1)N1CCC[C@H]1Cn1ccnn1. The molecule has 2 aromatic heterocycles. The predicted octanol–water partition coefficient (Wildman–Crippen LogP) is 1.89. The Morgan fingerprint density at radius 1 is 1.17 bits per heavy atom. The van der Waals surface area contributed by atoms with Crippen molar-refractivity contribution in [3.8, 4) is 0 Å². The summed E-state index contributed by atoms with van der Waals surface area (Å²) in [4.78, 5) is 14.8. The van der Waals surface area contributed by atoms with Crippen LogP contribution >= 0.6 is 0 Å². The third-order valence-electron chi connectivity index (χ3n) is 5.03. The van der Waals surface area contributed by atoms with E-state index in [0.29, 0.717) is 18.3 Å². The van der Waals surface area contributed by atoms with Crippen molar-refractivity contribution in [1.82, 2.24) is 29.7 Å². The van der Waals surface area contributed by atoms with Gasteiger partial charge in [-0.15, -0.1) is 5.10 Å². The molecule has 2 fully saturated rings. The average Bonchev–Trinajstić information content (AvgIpc) is 3.33. The van der Waals surface area contributed by atoms with E-state index in [-0.39, 0.29) is 11.9 Å². The summed E-state index contributed by atoms with van der Waals surface area (Å²) < 4.78 is 3.79. The first-order valence-corrected chi connectivity index (χ1v) is 8.51. The van der Waals surface area contributed by atoms with Gasteiger partial charge in [0.25, 0.3) is 5.91 Å². The molecule has 1 aliphatic carbocycles. The number of hydrogen-bond acceptors (Lipinski definition) is 4. The average molecular weight is 314 g/mol. The molecule has 7 nitrogen and oxygen atoms in total. The molecule has 7 heteroatoms. The maximum atomic E-state index is 12.8. The fourth-order valence-electron chi connectivity index (χ4n) is 3.81. The summed E-state index contributed by atoms with van der Waals surface area (Å²) in [6, 6.07) is 2.52. The van der Waals surface area contributed by atoms with Crippen LogP contribution in [0.25, 0.3) is 0 Å². The topological polar surface area (TPSA) is 68.8 Å². The minimum absolute atomic E-state index is 0.0457. The minimum atomic E-state index is 0.0457. The number of likely N-dealkylation sites (tertiary alicyclic amines) is 1. The Morgan fingerprint density at radius 3 is 2.83 bits per heavy atom. The Balaban J connectivity index is 1.47. The maximum absolute atomic E-state index is 12.8. The third-order valence-corrected chi connectivity index (χ3v) is 5.03. The van der Waals surface area contributed by atoms with Crippen LogP contribution in [0.4, 0.5) is 0 Å². The van der Waals surface area contributed by atoms with Crippen molar-refractivity contribution >= 4 is 5.91 Å². The lowest BCUT2D eigenvalue weighted by Crippen LogP contribution is -2.38. The normalized spacial score (nSPS) is 22.1. The monoisotopic (exact) mass is 314 g/mol. The smallest absolute Gasteiger partial charge is 0.274 e. The molecule has 2 aliphatic rings. The molecule has 3 heterocycles. The van der Waals surface area contributed by atoms with Crippen LogP contribution in [-0.4, -0.2) is 48.2 Å². The quantitative estimate of drug-likeness (QED) is 0.864. The highest BCUT2D eigenvalue weighted by molar-refractivity contribution is 5.92. The van der Waals surface area contributed by atoms with Gasteiger partial charge in [-0.1, -0.05) is 18.1 Å². The molecule has 0 unspecified atom stereocenters. The number of amides is 1. The summed E-state index contributed by atoms with van der Waals surface area (Å²) in [5, 5.41) is 12.4. The highest BCUT2D eigenvalue weighted by atomic mass is 16.2. The van der Waals surface area contributed by atoms with Crippen LogP contribution in [0.1, 0.15) is 55.1 Å². The zero-order chi connectivity index (χ0) is 15.6. The van der Waals surface area contributed by atoms with Crippen molar-refractivity contribution in [2.45, 2.75) is 57.2 Å². The molecule has 0 radical (unpaired) electrons. The standard InChI is InChI=1S/C16H22N6O/c23-16(15-7-10-22(18-15)13-4-1-2-5-13)21-9-3-6-14(21)12-20-11-8-17-19-20/h7-8,10-11,13-14H,1-6,9,12H2/t14-/m0/s1. The van der Waals surface area contributed by atoms with Crippen molar-refractivity contribution in [1.29, 1.82) is 0 Å². The molecule has 1 amide bonds. The molecule has 1 aliphatic heterocycles. The molecule has 1 saturated carbocycles. The molecule has 1 saturated heterocycles. The van der Waals surface area contributed by atoms with E-state index < -0.39 is 0 Å². The molecule has 122 valence electrons. The lowest BCUT2D eigenvalue weighted by molar-refractivity contribution is 0.0714. The number of carbonyl (C=O) groups excluding carboxylic acids is 1. The van der Waals surface area contributed by atoms with Gasteiger partial charge in [0, 0.05) is 18.9 Å². The summed E-state index contributed by atoms with van der Waals surface area (Å²) in [5.41, 5.74) is 0.572. The molecule has 0 N–H and O–H groups in total. The summed E-state index contributed by atoms with van der Waals surface area (Å²) in [7, 11) is 0. The first kappa shape index (κ1) is 14.4. The van der Waals surface area contributed by atoms with Gasteiger partial charge >= 0.3 is 0 Å². The van der Waals surface area contributed by atoms with E-state index in [9.17, 15) is 4.79 Å². The van der Waals surface area contributed by atoms with E-state index >= 15 is 0 Å². The maximum Gasteiger partial charge on any atom is 0.274 e. The van der Waals surface area contributed by atoms with Gasteiger partial charge in [-0.3, -0.25) is 14.2 Å². The first-order chi connectivity index (χ1) is 11.3. The first-order valence-electron chi connectivity index (χ1n) is 8.51. The van der Waals surface area contributed by atoms with Crippen molar-refractivity contribution < 1.29 is 4.79 Å². The van der Waals surface area contributed by atoms with Crippen LogP contribution in [0.15, 0.2) is 24.7 Å². The summed E-state index contributed by atoms with van der Waals surface area (Å²) >= 11 is 0. The largest absolute Gasteiger partial charge is 0.332 e. The highest BCUT2D eigenvalue weighted by Crippen LogP contribution is 2.29. The van der Waals surface area contributed by atoms with Crippen LogP contribution in [0, 0.1) is 0 Å². The van der Waals surface area contributed by atoms with Crippen LogP contribution in [0.5, 0.6) is 0 Å². The lowest BCUT2D eigenvalue weighted by Gasteiger charge is -2.23. The van der Waals surface area contributed by atoms with Gasteiger partial charge in [0.1, 0.15) is 5.69 Å². The van der Waals surface area contributed by atoms with Crippen LogP contribution in [0.3, 0.4) is 0 Å². The molecule has 23 heavy (non-hydrogen) atoms. The van der Waals surface area contributed by atoms with Crippen molar-refractivity contribution in [2.24, 2.45) is 0 Å². The Hall–Kier alpha value is -2.18. The van der Waals surface area contributed by atoms with E-state index in [0.717, 1.165) is 19.4 Å². The number of rotatable bonds is 4. The molecule has 2 aromatic rings. The van der Waals surface area contributed by atoms with Gasteiger partial charge in [0.2, 0.25) is 0 Å². The fraction of sp³-hybridized carbons (Fsp3) is 0.625. The summed E-state index contributed by atoms with van der Waals surface area (Å²) in [5.74, 6) is 0.0457. The van der Waals surface area contributed by atoms with E-state index in [1.54, 1.807) is 10.9 Å². The fourth-order valence-corrected chi connectivity index (χ4v) is 3.81. The molecule has 0 spiro atoms. The molecule has 0 aromatic carbocycles. The highest BCUT2D eigenvalue weighted by Gasteiger charge is 2.31. The van der Waals surface area contributed by atoms with Crippen LogP contribution < -0.4 is 0 Å². The van der Waals surface area contributed by atoms with Gasteiger partial charge in [-0.2, -0.15) is 5.10 Å². The Kier molecular flexibility index (Phi) is 3.85. The zero-order valence-corrected chi connectivity index (χ0v) is 13.2. The van der Waals surface area contributed by atoms with Crippen molar-refractivity contribution in [3.05, 3.63) is 30.4 Å². The zero-order valence-electron chi connectivity index (χ0n) is 13.2. The van der Waals surface area contributed by atoms with Gasteiger partial charge in [0.15, 0.2) is 0 Å². The molecular formula is C16H22N6O.